The minimum Gasteiger partial charge on any atom is -0.396 e. The fourth-order valence-electron chi connectivity index (χ4n) is 12.3. The molecule has 0 aromatic carbocycles. The normalized spacial score (nSPS) is 58.1. The van der Waals surface area contributed by atoms with E-state index in [4.69, 9.17) is 28.4 Å². The van der Waals surface area contributed by atoms with Crippen LogP contribution in [0.15, 0.2) is 11.6 Å². The molecule has 8 aliphatic rings. The average Bonchev–Trinajstić information content (AvgIpc) is 3.63. The van der Waals surface area contributed by atoms with E-state index < -0.39 is 66.7 Å². The lowest BCUT2D eigenvalue weighted by Gasteiger charge is -2.59. The molecule has 13 nitrogen and oxygen atoms in total. The number of allylic oxidation sites excluding steroid dienone is 1. The van der Waals surface area contributed by atoms with Gasteiger partial charge in [-0.05, 0) is 81.5 Å². The average molecular weight is 725 g/mol. The molecule has 7 N–H and O–H groups in total. The van der Waals surface area contributed by atoms with Gasteiger partial charge in [0.05, 0.1) is 38.1 Å². The first-order valence-electron chi connectivity index (χ1n) is 19.4. The second-order valence-electron chi connectivity index (χ2n) is 18.0. The summed E-state index contributed by atoms with van der Waals surface area (Å²) in [5, 5.41) is 74.7. The molecule has 0 radical (unpaired) electrons. The summed E-state index contributed by atoms with van der Waals surface area (Å²) in [7, 11) is 0. The summed E-state index contributed by atoms with van der Waals surface area (Å²) >= 11 is 0. The van der Waals surface area contributed by atoms with Crippen molar-refractivity contribution in [2.75, 3.05) is 26.4 Å². The van der Waals surface area contributed by atoms with Gasteiger partial charge in [-0.3, -0.25) is 0 Å². The van der Waals surface area contributed by atoms with Gasteiger partial charge in [0.25, 0.3) is 0 Å². The molecule has 0 aromatic rings. The minimum absolute atomic E-state index is 0.0185. The van der Waals surface area contributed by atoms with Gasteiger partial charge in [-0.1, -0.05) is 32.4 Å². The molecule has 0 bridgehead atoms. The van der Waals surface area contributed by atoms with Gasteiger partial charge in [0.2, 0.25) is 0 Å². The highest BCUT2D eigenvalue weighted by molar-refractivity contribution is 5.29. The van der Waals surface area contributed by atoms with Crippen LogP contribution in [-0.2, 0) is 28.4 Å². The van der Waals surface area contributed by atoms with E-state index in [1.54, 1.807) is 6.92 Å². The van der Waals surface area contributed by atoms with Crippen molar-refractivity contribution in [2.45, 2.75) is 158 Å². The van der Waals surface area contributed by atoms with Gasteiger partial charge in [0.1, 0.15) is 35.6 Å². The van der Waals surface area contributed by atoms with Crippen molar-refractivity contribution >= 4 is 0 Å². The number of aliphatic hydroxyl groups excluding tert-OH is 5. The number of fused-ring (bicyclic) bond motifs is 7. The van der Waals surface area contributed by atoms with E-state index in [1.165, 1.54) is 5.57 Å². The van der Waals surface area contributed by atoms with Gasteiger partial charge in [0.15, 0.2) is 18.4 Å². The van der Waals surface area contributed by atoms with Crippen LogP contribution in [0.1, 0.15) is 85.5 Å². The third-order valence-corrected chi connectivity index (χ3v) is 15.7. The van der Waals surface area contributed by atoms with Gasteiger partial charge in [-0.25, -0.2) is 0 Å². The molecule has 4 aliphatic heterocycles. The van der Waals surface area contributed by atoms with Gasteiger partial charge in [-0.15, -0.1) is 0 Å². The van der Waals surface area contributed by atoms with Crippen LogP contribution in [0.2, 0.25) is 0 Å². The molecule has 4 heterocycles. The van der Waals surface area contributed by atoms with E-state index in [9.17, 15) is 35.7 Å². The quantitative estimate of drug-likeness (QED) is 0.193. The molecule has 4 saturated heterocycles. The Morgan fingerprint density at radius 3 is 2.39 bits per heavy atom. The molecule has 19 unspecified atom stereocenters. The van der Waals surface area contributed by atoms with E-state index in [0.29, 0.717) is 37.2 Å². The lowest BCUT2D eigenvalue weighted by molar-refractivity contribution is -0.330. The van der Waals surface area contributed by atoms with Crippen molar-refractivity contribution < 1.29 is 64.2 Å². The Morgan fingerprint density at radius 2 is 1.69 bits per heavy atom. The first-order chi connectivity index (χ1) is 24.1. The van der Waals surface area contributed by atoms with Gasteiger partial charge in [0, 0.05) is 30.3 Å². The van der Waals surface area contributed by atoms with Crippen LogP contribution >= 0.6 is 0 Å². The van der Waals surface area contributed by atoms with E-state index >= 15 is 0 Å². The summed E-state index contributed by atoms with van der Waals surface area (Å²) in [4.78, 5) is 0. The SMILES string of the molecule is CC1OC(OC2C(OC3CCC4(C)C(=CCC5C4CCC4(C)C5CC5OC6(CCC(CO)CO6)C(C)C54O)C3)OCC2(O)CO)C(O)C(O)C1O. The van der Waals surface area contributed by atoms with Crippen LogP contribution in [0.25, 0.3) is 0 Å². The van der Waals surface area contributed by atoms with E-state index in [-0.39, 0.29) is 48.1 Å². The summed E-state index contributed by atoms with van der Waals surface area (Å²) in [5.74, 6) is 0.382. The van der Waals surface area contributed by atoms with Crippen LogP contribution in [0, 0.1) is 40.4 Å². The lowest BCUT2D eigenvalue weighted by Crippen LogP contribution is -2.60. The zero-order chi connectivity index (χ0) is 36.3. The Balaban J connectivity index is 0.957. The number of ether oxygens (including phenoxy) is 6. The first-order valence-corrected chi connectivity index (χ1v) is 19.4. The maximum Gasteiger partial charge on any atom is 0.187 e. The molecule has 13 heteroatoms. The van der Waals surface area contributed by atoms with E-state index in [0.717, 1.165) is 44.9 Å². The minimum atomic E-state index is -1.82. The molecule has 1 spiro atoms. The molecule has 4 aliphatic carbocycles. The van der Waals surface area contributed by atoms with Gasteiger partial charge < -0.3 is 64.2 Å². The molecule has 8 rings (SSSR count). The standard InChI is InChI=1S/C38H60O13/c1-19-28(41)29(42)30(43)32(48-19)50-31-33(46-18-36(31,44)17-40)49-23-8-10-34(3)22(13-23)5-6-24-25(34)9-11-35(4)26(24)14-27-38(35,45)20(2)37(51-27)12-7-21(15-39)16-47-37/h5,19-21,23-33,39-45H,6-18H2,1-4H3. The molecular weight excluding hydrogens is 664 g/mol. The molecule has 3 saturated carbocycles. The number of hydrogen-bond donors (Lipinski definition) is 7. The van der Waals surface area contributed by atoms with Crippen molar-refractivity contribution in [3.05, 3.63) is 11.6 Å². The second kappa shape index (κ2) is 12.9. The molecule has 7 fully saturated rings. The fourth-order valence-corrected chi connectivity index (χ4v) is 12.3. The van der Waals surface area contributed by atoms with Crippen molar-refractivity contribution in [1.82, 2.24) is 0 Å². The van der Waals surface area contributed by atoms with Crippen LogP contribution in [-0.4, -0.2) is 134 Å². The van der Waals surface area contributed by atoms with Crippen molar-refractivity contribution in [3.8, 4) is 0 Å². The van der Waals surface area contributed by atoms with Crippen molar-refractivity contribution in [1.29, 1.82) is 0 Å². The summed E-state index contributed by atoms with van der Waals surface area (Å²) in [5.41, 5.74) is -1.74. The summed E-state index contributed by atoms with van der Waals surface area (Å²) in [6.45, 7) is 8.01. The Hall–Kier alpha value is -0.780. The fraction of sp³-hybridized carbons (Fsp3) is 0.947. The van der Waals surface area contributed by atoms with Crippen molar-refractivity contribution in [3.63, 3.8) is 0 Å². The zero-order valence-corrected chi connectivity index (χ0v) is 30.4. The summed E-state index contributed by atoms with van der Waals surface area (Å²) < 4.78 is 37.1. The molecule has 0 aromatic heterocycles. The van der Waals surface area contributed by atoms with Crippen LogP contribution in [0.3, 0.4) is 0 Å². The molecule has 19 atom stereocenters. The number of rotatable bonds is 6. The Bertz CT molecular complexity index is 1340. The van der Waals surface area contributed by atoms with Crippen molar-refractivity contribution in [2.24, 2.45) is 40.4 Å². The molecule has 51 heavy (non-hydrogen) atoms. The topological polar surface area (TPSA) is 197 Å². The van der Waals surface area contributed by atoms with Crippen LogP contribution in [0.4, 0.5) is 0 Å². The zero-order valence-electron chi connectivity index (χ0n) is 30.4. The van der Waals surface area contributed by atoms with Crippen LogP contribution in [0.5, 0.6) is 0 Å². The summed E-state index contributed by atoms with van der Waals surface area (Å²) in [6.07, 6.45) is 0.616. The number of hydrogen-bond acceptors (Lipinski definition) is 13. The van der Waals surface area contributed by atoms with Crippen LogP contribution < -0.4 is 0 Å². The molecule has 0 amide bonds. The number of aliphatic hydroxyl groups is 7. The third-order valence-electron chi connectivity index (χ3n) is 15.7. The predicted octanol–water partition coefficient (Wildman–Crippen LogP) is 1.12. The highest BCUT2D eigenvalue weighted by Gasteiger charge is 2.76. The lowest BCUT2D eigenvalue weighted by atomic mass is 9.46. The molecule has 290 valence electrons. The maximum atomic E-state index is 12.7. The second-order valence-corrected chi connectivity index (χ2v) is 18.0. The predicted molar refractivity (Wildman–Crippen MR) is 178 cm³/mol. The Kier molecular flexibility index (Phi) is 9.39. The smallest absolute Gasteiger partial charge is 0.187 e. The van der Waals surface area contributed by atoms with Gasteiger partial charge >= 0.3 is 0 Å². The first kappa shape index (κ1) is 37.2. The van der Waals surface area contributed by atoms with E-state index in [1.807, 2.05) is 0 Å². The highest BCUT2D eigenvalue weighted by Crippen LogP contribution is 2.72. The largest absolute Gasteiger partial charge is 0.396 e. The van der Waals surface area contributed by atoms with Gasteiger partial charge in [-0.2, -0.15) is 0 Å². The summed E-state index contributed by atoms with van der Waals surface area (Å²) in [6, 6.07) is 0. The monoisotopic (exact) mass is 724 g/mol. The third kappa shape index (κ3) is 5.35. The molecular formula is C38H60O13. The van der Waals surface area contributed by atoms with E-state index in [2.05, 4.69) is 26.8 Å². The maximum absolute atomic E-state index is 12.7. The Morgan fingerprint density at radius 1 is 0.902 bits per heavy atom. The Labute approximate surface area is 300 Å². The highest BCUT2D eigenvalue weighted by atomic mass is 16.8.